The summed E-state index contributed by atoms with van der Waals surface area (Å²) in [6, 6.07) is 11.0. The summed E-state index contributed by atoms with van der Waals surface area (Å²) in [5, 5.41) is 3.42. The second-order valence-electron chi connectivity index (χ2n) is 4.75. The van der Waals surface area contributed by atoms with Crippen LogP contribution in [0.1, 0.15) is 11.4 Å². The van der Waals surface area contributed by atoms with Gasteiger partial charge in [-0.1, -0.05) is 12.1 Å². The molecule has 2 aromatic carbocycles. The number of halogens is 2. The van der Waals surface area contributed by atoms with Crippen molar-refractivity contribution in [1.29, 1.82) is 0 Å². The van der Waals surface area contributed by atoms with Crippen LogP contribution in [-0.4, -0.2) is 10.9 Å². The molecule has 112 valence electrons. The van der Waals surface area contributed by atoms with Crippen molar-refractivity contribution < 1.29 is 13.6 Å². The number of fused-ring (bicyclic) bond motifs is 1. The van der Waals surface area contributed by atoms with Crippen molar-refractivity contribution in [3.63, 3.8) is 0 Å². The normalized spacial score (nSPS) is 10.8. The van der Waals surface area contributed by atoms with Gasteiger partial charge in [-0.3, -0.25) is 4.79 Å². The van der Waals surface area contributed by atoms with E-state index in [-0.39, 0.29) is 18.0 Å². The lowest BCUT2D eigenvalue weighted by Crippen LogP contribution is -2.12. The second kappa shape index (κ2) is 6.19. The van der Waals surface area contributed by atoms with Crippen LogP contribution in [0.5, 0.6) is 0 Å². The molecule has 0 aliphatic rings. The van der Waals surface area contributed by atoms with Gasteiger partial charge < -0.3 is 5.32 Å². The molecule has 0 fully saturated rings. The third-order valence-corrected chi connectivity index (χ3v) is 4.20. The molecule has 0 bridgehead atoms. The summed E-state index contributed by atoms with van der Waals surface area (Å²) in [5.74, 6) is -2.18. The molecular formula is C16H12F2N2OS. The number of thiazole rings is 1. The highest BCUT2D eigenvalue weighted by Crippen LogP contribution is 2.22. The second-order valence-corrected chi connectivity index (χ2v) is 5.87. The summed E-state index contributed by atoms with van der Waals surface area (Å²) in [7, 11) is 0. The predicted octanol–water partition coefficient (Wildman–Crippen LogP) is 4.15. The molecule has 6 heteroatoms. The molecule has 0 unspecified atom stereocenters. The molecule has 0 aliphatic heterocycles. The van der Waals surface area contributed by atoms with Crippen molar-refractivity contribution in [3.8, 4) is 0 Å². The minimum absolute atomic E-state index is 0.235. The van der Waals surface area contributed by atoms with Crippen LogP contribution < -0.4 is 5.32 Å². The van der Waals surface area contributed by atoms with Crippen LogP contribution in [0, 0.1) is 11.6 Å². The van der Waals surface area contributed by atoms with Gasteiger partial charge in [-0.15, -0.1) is 11.3 Å². The van der Waals surface area contributed by atoms with Gasteiger partial charge in [-0.25, -0.2) is 13.8 Å². The molecule has 0 saturated carbocycles. The molecule has 1 N–H and O–H groups in total. The number of amides is 1. The van der Waals surface area contributed by atoms with Gasteiger partial charge in [0, 0.05) is 24.6 Å². The maximum atomic E-state index is 13.1. The standard InChI is InChI=1S/C16H12F2N2OS/c17-11-6-5-10(9-12(11)18)19-15(21)7-8-16-20-13-3-1-2-4-14(13)22-16/h1-6,9H,7-8H2,(H,19,21). The van der Waals surface area contributed by atoms with Gasteiger partial charge in [0.05, 0.1) is 15.2 Å². The molecule has 1 heterocycles. The van der Waals surface area contributed by atoms with E-state index in [2.05, 4.69) is 10.3 Å². The first-order valence-corrected chi connectivity index (χ1v) is 7.53. The minimum Gasteiger partial charge on any atom is -0.326 e. The molecule has 0 aliphatic carbocycles. The Morgan fingerprint density at radius 3 is 2.73 bits per heavy atom. The first kappa shape index (κ1) is 14.6. The Morgan fingerprint density at radius 1 is 1.14 bits per heavy atom. The summed E-state index contributed by atoms with van der Waals surface area (Å²) in [6.07, 6.45) is 0.744. The van der Waals surface area contributed by atoms with Crippen molar-refractivity contribution in [2.24, 2.45) is 0 Å². The zero-order valence-electron chi connectivity index (χ0n) is 11.5. The van der Waals surface area contributed by atoms with Crippen LogP contribution in [-0.2, 0) is 11.2 Å². The van der Waals surface area contributed by atoms with Crippen LogP contribution in [0.15, 0.2) is 42.5 Å². The smallest absolute Gasteiger partial charge is 0.224 e. The lowest BCUT2D eigenvalue weighted by Gasteiger charge is -2.04. The Labute approximate surface area is 129 Å². The summed E-state index contributed by atoms with van der Waals surface area (Å²) in [5.41, 5.74) is 1.16. The third-order valence-electron chi connectivity index (χ3n) is 3.11. The van der Waals surface area contributed by atoms with E-state index in [4.69, 9.17) is 0 Å². The Bertz CT molecular complexity index is 799. The number of nitrogens with one attached hydrogen (secondary N) is 1. The highest BCUT2D eigenvalue weighted by molar-refractivity contribution is 7.18. The topological polar surface area (TPSA) is 42.0 Å². The van der Waals surface area contributed by atoms with Crippen molar-refractivity contribution in [2.75, 3.05) is 5.32 Å². The van der Waals surface area contributed by atoms with Crippen LogP contribution in [0.2, 0.25) is 0 Å². The summed E-state index contributed by atoms with van der Waals surface area (Å²) < 4.78 is 27.0. The molecule has 1 amide bonds. The molecule has 3 aromatic rings. The number of benzene rings is 2. The molecule has 0 atom stereocenters. The van der Waals surface area contributed by atoms with Gasteiger partial charge in [-0.2, -0.15) is 0 Å². The van der Waals surface area contributed by atoms with Gasteiger partial charge in [0.25, 0.3) is 0 Å². The van der Waals surface area contributed by atoms with Gasteiger partial charge >= 0.3 is 0 Å². The predicted molar refractivity (Wildman–Crippen MR) is 82.9 cm³/mol. The highest BCUT2D eigenvalue weighted by Gasteiger charge is 2.09. The maximum absolute atomic E-state index is 13.1. The molecule has 0 radical (unpaired) electrons. The molecule has 0 saturated heterocycles. The fourth-order valence-corrected chi connectivity index (χ4v) is 3.01. The summed E-state index contributed by atoms with van der Waals surface area (Å²) in [6.45, 7) is 0. The minimum atomic E-state index is -0.982. The molecular weight excluding hydrogens is 306 g/mol. The highest BCUT2D eigenvalue weighted by atomic mass is 32.1. The van der Waals surface area contributed by atoms with E-state index in [9.17, 15) is 13.6 Å². The largest absolute Gasteiger partial charge is 0.326 e. The van der Waals surface area contributed by atoms with Gasteiger partial charge in [0.15, 0.2) is 11.6 Å². The Kier molecular flexibility index (Phi) is 4.11. The average molecular weight is 318 g/mol. The lowest BCUT2D eigenvalue weighted by molar-refractivity contribution is -0.116. The number of carbonyl (C=O) groups is 1. The van der Waals surface area contributed by atoms with Crippen LogP contribution in [0.25, 0.3) is 10.2 Å². The van der Waals surface area contributed by atoms with E-state index < -0.39 is 11.6 Å². The molecule has 3 rings (SSSR count). The van der Waals surface area contributed by atoms with E-state index in [1.54, 1.807) is 11.3 Å². The molecule has 22 heavy (non-hydrogen) atoms. The fourth-order valence-electron chi connectivity index (χ4n) is 2.04. The van der Waals surface area contributed by atoms with Gasteiger partial charge in [0.2, 0.25) is 5.91 Å². The zero-order chi connectivity index (χ0) is 15.5. The van der Waals surface area contributed by atoms with Crippen molar-refractivity contribution in [3.05, 3.63) is 59.1 Å². The van der Waals surface area contributed by atoms with Crippen LogP contribution in [0.3, 0.4) is 0 Å². The molecule has 3 nitrogen and oxygen atoms in total. The van der Waals surface area contributed by atoms with E-state index in [0.29, 0.717) is 6.42 Å². The van der Waals surface area contributed by atoms with Gasteiger partial charge in [0.1, 0.15) is 0 Å². The number of anilines is 1. The Hall–Kier alpha value is -2.34. The number of nitrogens with zero attached hydrogens (tertiary/aromatic N) is 1. The van der Waals surface area contributed by atoms with Gasteiger partial charge in [-0.05, 0) is 24.3 Å². The van der Waals surface area contributed by atoms with Crippen LogP contribution >= 0.6 is 11.3 Å². The SMILES string of the molecule is O=C(CCc1nc2ccccc2s1)Nc1ccc(F)c(F)c1. The lowest BCUT2D eigenvalue weighted by atomic mass is 10.2. The van der Waals surface area contributed by atoms with Crippen molar-refractivity contribution in [2.45, 2.75) is 12.8 Å². The first-order chi connectivity index (χ1) is 10.6. The van der Waals surface area contributed by atoms with E-state index in [0.717, 1.165) is 27.4 Å². The van der Waals surface area contributed by atoms with Crippen LogP contribution in [0.4, 0.5) is 14.5 Å². The summed E-state index contributed by atoms with van der Waals surface area (Å²) in [4.78, 5) is 16.3. The number of aromatic nitrogens is 1. The number of carbonyl (C=O) groups excluding carboxylic acids is 1. The Morgan fingerprint density at radius 2 is 1.95 bits per heavy atom. The number of hydrogen-bond donors (Lipinski definition) is 1. The number of rotatable bonds is 4. The van der Waals surface area contributed by atoms with Crippen molar-refractivity contribution >= 4 is 33.1 Å². The van der Waals surface area contributed by atoms with E-state index in [1.807, 2.05) is 24.3 Å². The number of para-hydroxylation sites is 1. The first-order valence-electron chi connectivity index (χ1n) is 6.71. The number of aryl methyl sites for hydroxylation is 1. The van der Waals surface area contributed by atoms with E-state index >= 15 is 0 Å². The van der Waals surface area contributed by atoms with Crippen molar-refractivity contribution in [1.82, 2.24) is 4.98 Å². The maximum Gasteiger partial charge on any atom is 0.224 e. The third kappa shape index (κ3) is 3.28. The van der Waals surface area contributed by atoms with E-state index in [1.165, 1.54) is 6.07 Å². The zero-order valence-corrected chi connectivity index (χ0v) is 12.3. The quantitative estimate of drug-likeness (QED) is 0.785. The molecule has 0 spiro atoms. The molecule has 1 aromatic heterocycles. The monoisotopic (exact) mass is 318 g/mol. The number of hydrogen-bond acceptors (Lipinski definition) is 3. The fraction of sp³-hybridized carbons (Fsp3) is 0.125. The average Bonchev–Trinajstić information content (AvgIpc) is 2.92. The Balaban J connectivity index is 1.60. The summed E-state index contributed by atoms with van der Waals surface area (Å²) >= 11 is 1.55.